The van der Waals surface area contributed by atoms with Crippen LogP contribution in [0.15, 0.2) is 24.3 Å². The van der Waals surface area contributed by atoms with Gasteiger partial charge in [0.2, 0.25) is 0 Å². The summed E-state index contributed by atoms with van der Waals surface area (Å²) in [6.45, 7) is 18.7. The molecule has 0 saturated carbocycles. The van der Waals surface area contributed by atoms with Crippen molar-refractivity contribution >= 4 is 52.8 Å². The van der Waals surface area contributed by atoms with E-state index in [0.717, 1.165) is 0 Å². The molecule has 0 atom stereocenters. The molecule has 1 heterocycles. The van der Waals surface area contributed by atoms with Crippen LogP contribution in [-0.2, 0) is 0 Å². The minimum atomic E-state index is 0.414. The van der Waals surface area contributed by atoms with Gasteiger partial charge < -0.3 is 0 Å². The fraction of sp³-hybridized carbons (Fsp3) is 0.500. The first-order valence-electron chi connectivity index (χ1n) is 10.1. The second-order valence-corrected chi connectivity index (χ2v) is 13.4. The predicted octanol–water partition coefficient (Wildman–Crippen LogP) is 8.79. The molecule has 0 nitrogen and oxygen atoms in total. The third-order valence-corrected chi connectivity index (χ3v) is 11.4. The van der Waals surface area contributed by atoms with E-state index in [0.29, 0.717) is 37.0 Å². The Bertz CT molecular complexity index is 915. The average molecular weight is 464 g/mol. The van der Waals surface area contributed by atoms with Crippen molar-refractivity contribution in [1.29, 1.82) is 0 Å². The summed E-state index contributed by atoms with van der Waals surface area (Å²) in [7, 11) is 2.13. The van der Waals surface area contributed by atoms with E-state index in [1.54, 1.807) is 19.2 Å². The molecule has 27 heavy (non-hydrogen) atoms. The van der Waals surface area contributed by atoms with Gasteiger partial charge in [-0.2, -0.15) is 0 Å². The molecule has 3 heteroatoms. The summed E-state index contributed by atoms with van der Waals surface area (Å²) in [5.41, 5.74) is 6.12. The van der Waals surface area contributed by atoms with Crippen LogP contribution in [0.5, 0.6) is 0 Å². The first-order chi connectivity index (χ1) is 12.7. The molecule has 1 aromatic heterocycles. The molecule has 146 valence electrons. The Labute approximate surface area is 177 Å². The number of hydrogen-bond donors (Lipinski definition) is 0. The number of hydrogen-bond acceptors (Lipinski definition) is 2. The Morgan fingerprint density at radius 1 is 0.556 bits per heavy atom. The molecule has 0 aliphatic rings. The summed E-state index contributed by atoms with van der Waals surface area (Å²) in [5, 5.41) is 0. The molecule has 0 aliphatic heterocycles. The van der Waals surface area contributed by atoms with Crippen molar-refractivity contribution in [2.45, 2.75) is 79.1 Å². The van der Waals surface area contributed by atoms with Gasteiger partial charge >= 0.3 is 178 Å². The third-order valence-electron chi connectivity index (χ3n) is 5.25. The summed E-state index contributed by atoms with van der Waals surface area (Å²) in [4.78, 5) is 0. The summed E-state index contributed by atoms with van der Waals surface area (Å²) in [6, 6.07) is 9.60. The molecule has 0 amide bonds. The van der Waals surface area contributed by atoms with E-state index in [9.17, 15) is 0 Å². The topological polar surface area (TPSA) is 0 Å². The van der Waals surface area contributed by atoms with E-state index in [1.165, 1.54) is 21.4 Å². The maximum atomic E-state index is 2.41. The molecule has 0 saturated heterocycles. The van der Waals surface area contributed by atoms with E-state index in [1.807, 2.05) is 0 Å². The monoisotopic (exact) mass is 464 g/mol. The van der Waals surface area contributed by atoms with Gasteiger partial charge in [-0.15, -0.1) is 0 Å². The predicted molar refractivity (Wildman–Crippen MR) is 128 cm³/mol. The van der Waals surface area contributed by atoms with Crippen molar-refractivity contribution in [3.8, 4) is 0 Å². The normalized spacial score (nSPS) is 12.3. The van der Waals surface area contributed by atoms with Crippen molar-refractivity contribution in [1.82, 2.24) is 0 Å². The fourth-order valence-corrected chi connectivity index (χ4v) is 11.5. The maximum absolute atomic E-state index is 2.41. The molecule has 0 bridgehead atoms. The second-order valence-electron chi connectivity index (χ2n) is 8.69. The number of fused-ring (bicyclic) bond motifs is 2. The molecule has 3 rings (SSSR count). The Balaban J connectivity index is 2.58. The minimum absolute atomic E-state index is 0.414. The Hall–Kier alpha value is -0.601. The van der Waals surface area contributed by atoms with Crippen LogP contribution in [0.25, 0.3) is 18.4 Å². The molecule has 0 unspecified atom stereocenters. The summed E-state index contributed by atoms with van der Waals surface area (Å²) < 4.78 is 6.29. The van der Waals surface area contributed by atoms with Crippen molar-refractivity contribution < 1.29 is 0 Å². The zero-order valence-corrected chi connectivity index (χ0v) is 21.2. The van der Waals surface area contributed by atoms with Crippen molar-refractivity contribution in [3.05, 3.63) is 46.5 Å². The van der Waals surface area contributed by atoms with Crippen LogP contribution in [0.3, 0.4) is 0 Å². The van der Waals surface area contributed by atoms with Gasteiger partial charge in [-0.1, -0.05) is 0 Å². The van der Waals surface area contributed by atoms with Crippen molar-refractivity contribution in [2.75, 3.05) is 0 Å². The van der Waals surface area contributed by atoms with E-state index in [4.69, 9.17) is 0 Å². The van der Waals surface area contributed by atoms with E-state index < -0.39 is 0 Å². The van der Waals surface area contributed by atoms with Gasteiger partial charge in [-0.05, 0) is 0 Å². The molecule has 0 fully saturated rings. The van der Waals surface area contributed by atoms with Gasteiger partial charge in [0.25, 0.3) is 0 Å². The van der Waals surface area contributed by atoms with Crippen LogP contribution >= 0.6 is 21.1 Å². The summed E-state index contributed by atoms with van der Waals surface area (Å²) in [5.74, 6) is 2.26. The van der Waals surface area contributed by atoms with Gasteiger partial charge in [0.15, 0.2) is 0 Å². The van der Waals surface area contributed by atoms with Gasteiger partial charge in [0.05, 0.1) is 0 Å². The van der Waals surface area contributed by atoms with Crippen LogP contribution in [0, 0.1) is 0 Å². The standard InChI is InChI=1S/C24H32S2Se/c1-13(2)17-9-10-18(14(3)4)22-21(17)25-23-19(15(5)6)11-12-20(16(7)8)24(23)27-26-22/h9-16H,1-8H3. The molecular formula is C24H32S2Se. The molecule has 0 aliphatic carbocycles. The summed E-state index contributed by atoms with van der Waals surface area (Å²) >= 11 is 2.49. The Morgan fingerprint density at radius 3 is 1.44 bits per heavy atom. The Kier molecular flexibility index (Phi) is 6.58. The van der Waals surface area contributed by atoms with Gasteiger partial charge in [0.1, 0.15) is 0 Å². The van der Waals surface area contributed by atoms with E-state index >= 15 is 0 Å². The van der Waals surface area contributed by atoms with E-state index in [-0.39, 0.29) is 0 Å². The number of benzene rings is 2. The molecular weight excluding hydrogens is 431 g/mol. The fourth-order valence-electron chi connectivity index (χ4n) is 3.57. The molecule has 0 spiro atoms. The Morgan fingerprint density at radius 2 is 0.963 bits per heavy atom. The van der Waals surface area contributed by atoms with Gasteiger partial charge in [-0.25, -0.2) is 0 Å². The van der Waals surface area contributed by atoms with Crippen LogP contribution in [0.1, 0.15) is 101 Å². The zero-order chi connectivity index (χ0) is 19.9. The van der Waals surface area contributed by atoms with Gasteiger partial charge in [-0.3, -0.25) is 0 Å². The quantitative estimate of drug-likeness (QED) is 0.339. The molecule has 2 aromatic carbocycles. The van der Waals surface area contributed by atoms with Crippen LogP contribution < -0.4 is 0 Å². The molecule has 0 radical (unpaired) electrons. The number of rotatable bonds is 4. The van der Waals surface area contributed by atoms with Crippen LogP contribution in [0.4, 0.5) is 0 Å². The second kappa shape index (κ2) is 8.41. The van der Waals surface area contributed by atoms with E-state index in [2.05, 4.69) is 101 Å². The molecule has 0 N–H and O–H groups in total. The van der Waals surface area contributed by atoms with Crippen molar-refractivity contribution in [3.63, 3.8) is 0 Å². The first-order valence-corrected chi connectivity index (χ1v) is 14.6. The average Bonchev–Trinajstić information content (AvgIpc) is 2.79. The van der Waals surface area contributed by atoms with Crippen molar-refractivity contribution in [2.24, 2.45) is 0 Å². The SMILES string of the molecule is CC(C)c1ccc(C(C)C)c2sc3c(C(C)C)ccc(C(C)C)c3[se]sc12. The zero-order valence-electron chi connectivity index (χ0n) is 17.8. The first kappa shape index (κ1) is 21.1. The van der Waals surface area contributed by atoms with Crippen LogP contribution in [0.2, 0.25) is 0 Å². The summed E-state index contributed by atoms with van der Waals surface area (Å²) in [6.07, 6.45) is 0. The molecule has 3 aromatic rings. The van der Waals surface area contributed by atoms with Crippen LogP contribution in [-0.4, -0.2) is 13.3 Å². The third kappa shape index (κ3) is 4.08. The van der Waals surface area contributed by atoms with Gasteiger partial charge in [0, 0.05) is 0 Å².